The highest BCUT2D eigenvalue weighted by molar-refractivity contribution is 6.04. The first kappa shape index (κ1) is 17.2. The molecule has 2 amide bonds. The Morgan fingerprint density at radius 3 is 2.84 bits per heavy atom. The van der Waals surface area contributed by atoms with Crippen LogP contribution in [0.15, 0.2) is 18.3 Å². The first-order valence-corrected chi connectivity index (χ1v) is 8.19. The fourth-order valence-electron chi connectivity index (χ4n) is 2.51. The molecule has 0 radical (unpaired) electrons. The van der Waals surface area contributed by atoms with Crippen LogP contribution in [0.5, 0.6) is 5.75 Å². The molecular formula is C17H22N4O4. The van der Waals surface area contributed by atoms with E-state index < -0.39 is 24.0 Å². The van der Waals surface area contributed by atoms with Gasteiger partial charge in [-0.25, -0.2) is 4.52 Å². The molecule has 2 aromatic heterocycles. The first-order chi connectivity index (χ1) is 11.8. The maximum absolute atomic E-state index is 12.7. The molecule has 25 heavy (non-hydrogen) atoms. The number of nitrogens with zero attached hydrogens (tertiary/aromatic N) is 2. The van der Waals surface area contributed by atoms with Crippen LogP contribution in [0.1, 0.15) is 35.8 Å². The number of amides is 2. The Labute approximate surface area is 145 Å². The van der Waals surface area contributed by atoms with E-state index in [-0.39, 0.29) is 0 Å². The number of hydrogen-bond donors (Lipinski definition) is 3. The summed E-state index contributed by atoms with van der Waals surface area (Å²) in [4.78, 5) is 24.2. The third-order valence-corrected chi connectivity index (χ3v) is 4.44. The van der Waals surface area contributed by atoms with Gasteiger partial charge in [0, 0.05) is 12.3 Å². The third kappa shape index (κ3) is 3.43. The molecule has 1 fully saturated rings. The largest absolute Gasteiger partial charge is 0.493 e. The van der Waals surface area contributed by atoms with E-state index in [1.165, 1.54) is 19.8 Å². The highest BCUT2D eigenvalue weighted by atomic mass is 16.5. The van der Waals surface area contributed by atoms with Crippen molar-refractivity contribution in [3.8, 4) is 5.75 Å². The van der Waals surface area contributed by atoms with E-state index in [1.807, 2.05) is 0 Å². The predicted molar refractivity (Wildman–Crippen MR) is 90.3 cm³/mol. The number of aliphatic hydroxyl groups is 1. The first-order valence-electron chi connectivity index (χ1n) is 8.19. The lowest BCUT2D eigenvalue weighted by atomic mass is 10.0. The van der Waals surface area contributed by atoms with Crippen LogP contribution in [0.4, 0.5) is 0 Å². The molecule has 2 aromatic rings. The summed E-state index contributed by atoms with van der Waals surface area (Å²) in [6, 6.07) is 3.54. The Kier molecular flexibility index (Phi) is 4.38. The maximum atomic E-state index is 12.7. The minimum atomic E-state index is -1.54. The van der Waals surface area contributed by atoms with Crippen molar-refractivity contribution >= 4 is 17.3 Å². The molecule has 134 valence electrons. The van der Waals surface area contributed by atoms with Gasteiger partial charge in [0.05, 0.1) is 30.0 Å². The van der Waals surface area contributed by atoms with Crippen LogP contribution in [-0.2, 0) is 4.79 Å². The minimum Gasteiger partial charge on any atom is -0.493 e. The molecule has 0 saturated heterocycles. The van der Waals surface area contributed by atoms with Gasteiger partial charge in [-0.05, 0) is 38.7 Å². The van der Waals surface area contributed by atoms with Crippen LogP contribution >= 0.6 is 0 Å². The number of rotatable bonds is 7. The van der Waals surface area contributed by atoms with Gasteiger partial charge in [0.1, 0.15) is 11.3 Å². The van der Waals surface area contributed by atoms with Crippen LogP contribution in [-0.4, -0.2) is 45.3 Å². The fourth-order valence-corrected chi connectivity index (χ4v) is 2.51. The molecule has 8 heteroatoms. The summed E-state index contributed by atoms with van der Waals surface area (Å²) < 4.78 is 7.33. The smallest absolute Gasteiger partial charge is 0.256 e. The van der Waals surface area contributed by atoms with Gasteiger partial charge in [-0.2, -0.15) is 5.10 Å². The Morgan fingerprint density at radius 2 is 2.24 bits per heavy atom. The summed E-state index contributed by atoms with van der Waals surface area (Å²) in [5.74, 6) is -0.0623. The molecule has 8 nitrogen and oxygen atoms in total. The van der Waals surface area contributed by atoms with Gasteiger partial charge in [-0.1, -0.05) is 0 Å². The van der Waals surface area contributed by atoms with Crippen molar-refractivity contribution in [1.29, 1.82) is 0 Å². The van der Waals surface area contributed by atoms with Crippen molar-refractivity contribution in [3.05, 3.63) is 29.6 Å². The van der Waals surface area contributed by atoms with Crippen molar-refractivity contribution in [2.45, 2.75) is 32.2 Å². The van der Waals surface area contributed by atoms with E-state index in [0.29, 0.717) is 35.0 Å². The number of primary amides is 1. The number of aromatic nitrogens is 2. The normalized spacial score (nSPS) is 16.4. The Balaban J connectivity index is 1.90. The topological polar surface area (TPSA) is 119 Å². The maximum Gasteiger partial charge on any atom is 0.256 e. The van der Waals surface area contributed by atoms with Crippen LogP contribution in [0.25, 0.3) is 5.52 Å². The number of pyridine rings is 1. The molecule has 4 N–H and O–H groups in total. The molecule has 2 heterocycles. The summed E-state index contributed by atoms with van der Waals surface area (Å²) in [5, 5.41) is 16.2. The van der Waals surface area contributed by atoms with Gasteiger partial charge < -0.3 is 20.9 Å². The van der Waals surface area contributed by atoms with E-state index in [2.05, 4.69) is 10.4 Å². The van der Waals surface area contributed by atoms with E-state index >= 15 is 0 Å². The van der Waals surface area contributed by atoms with Crippen LogP contribution in [0.3, 0.4) is 0 Å². The van der Waals surface area contributed by atoms with Gasteiger partial charge in [0.25, 0.3) is 5.91 Å². The lowest BCUT2D eigenvalue weighted by molar-refractivity contribution is -0.124. The summed E-state index contributed by atoms with van der Waals surface area (Å²) in [7, 11) is 0. The average molecular weight is 346 g/mol. The highest BCUT2D eigenvalue weighted by Gasteiger charge is 2.34. The number of carbonyl (C=O) groups is 2. The van der Waals surface area contributed by atoms with Crippen molar-refractivity contribution < 1.29 is 19.4 Å². The second-order valence-corrected chi connectivity index (χ2v) is 6.72. The number of aryl methyl sites for hydroxylation is 1. The number of nitrogens with two attached hydrogens (primary N) is 1. The van der Waals surface area contributed by atoms with Crippen molar-refractivity contribution in [2.75, 3.05) is 13.2 Å². The van der Waals surface area contributed by atoms with E-state index in [9.17, 15) is 14.7 Å². The Morgan fingerprint density at radius 1 is 1.52 bits per heavy atom. The Bertz CT molecular complexity index is 827. The molecule has 1 saturated carbocycles. The number of nitrogens with one attached hydrogen (secondary N) is 1. The molecule has 1 unspecified atom stereocenters. The lowest BCUT2D eigenvalue weighted by Gasteiger charge is -2.24. The Hall–Kier alpha value is -2.61. The molecule has 0 aliphatic heterocycles. The van der Waals surface area contributed by atoms with Crippen molar-refractivity contribution in [1.82, 2.24) is 14.9 Å². The van der Waals surface area contributed by atoms with Gasteiger partial charge in [-0.15, -0.1) is 0 Å². The highest BCUT2D eigenvalue weighted by Crippen LogP contribution is 2.30. The second kappa shape index (κ2) is 6.36. The number of ether oxygens (including phenoxy) is 1. The van der Waals surface area contributed by atoms with Crippen molar-refractivity contribution in [3.63, 3.8) is 0 Å². The van der Waals surface area contributed by atoms with Crippen LogP contribution in [0, 0.1) is 12.8 Å². The quantitative estimate of drug-likeness (QED) is 0.670. The third-order valence-electron chi connectivity index (χ3n) is 4.44. The molecule has 3 rings (SSSR count). The fraction of sp³-hybridized carbons (Fsp3) is 0.471. The SMILES string of the molecule is Cc1nn2ccc(OCC3CC3)cc2c1C(=O)NC(C)(CO)C(N)=O. The minimum absolute atomic E-state index is 0.317. The monoisotopic (exact) mass is 346 g/mol. The average Bonchev–Trinajstić information content (AvgIpc) is 3.33. The van der Waals surface area contributed by atoms with E-state index in [1.54, 1.807) is 29.8 Å². The van der Waals surface area contributed by atoms with Gasteiger partial charge >= 0.3 is 0 Å². The second-order valence-electron chi connectivity index (χ2n) is 6.72. The molecule has 0 bridgehead atoms. The molecule has 1 atom stereocenters. The van der Waals surface area contributed by atoms with E-state index in [4.69, 9.17) is 10.5 Å². The van der Waals surface area contributed by atoms with Gasteiger partial charge in [0.15, 0.2) is 0 Å². The molecule has 0 spiro atoms. The summed E-state index contributed by atoms with van der Waals surface area (Å²) >= 11 is 0. The molecular weight excluding hydrogens is 324 g/mol. The van der Waals surface area contributed by atoms with Gasteiger partial charge in [-0.3, -0.25) is 9.59 Å². The zero-order chi connectivity index (χ0) is 18.2. The zero-order valence-corrected chi connectivity index (χ0v) is 14.3. The summed E-state index contributed by atoms with van der Waals surface area (Å²) in [6.07, 6.45) is 4.10. The predicted octanol–water partition coefficient (Wildman–Crippen LogP) is 0.398. The molecule has 1 aliphatic carbocycles. The molecule has 1 aliphatic rings. The lowest BCUT2D eigenvalue weighted by Crippen LogP contribution is -2.57. The standard InChI is InChI=1S/C17H22N4O4/c1-10-14(15(23)19-17(2,9-22)16(18)24)13-7-12(5-6-21(13)20-10)25-8-11-3-4-11/h5-7,11,22H,3-4,8-9H2,1-2H3,(H2,18,24)(H,19,23). The van der Waals surface area contributed by atoms with Crippen LogP contribution in [0.2, 0.25) is 0 Å². The zero-order valence-electron chi connectivity index (χ0n) is 14.3. The number of aliphatic hydroxyl groups excluding tert-OH is 1. The van der Waals surface area contributed by atoms with Crippen molar-refractivity contribution in [2.24, 2.45) is 11.7 Å². The van der Waals surface area contributed by atoms with Gasteiger partial charge in [0.2, 0.25) is 5.91 Å². The van der Waals surface area contributed by atoms with Crippen LogP contribution < -0.4 is 15.8 Å². The summed E-state index contributed by atoms with van der Waals surface area (Å²) in [5.41, 5.74) is 5.12. The number of carbonyl (C=O) groups excluding carboxylic acids is 2. The number of hydrogen-bond acceptors (Lipinski definition) is 5. The number of fused-ring (bicyclic) bond motifs is 1. The van der Waals surface area contributed by atoms with E-state index in [0.717, 1.165) is 0 Å². The summed E-state index contributed by atoms with van der Waals surface area (Å²) in [6.45, 7) is 3.14. The molecule has 0 aromatic carbocycles.